The van der Waals surface area contributed by atoms with Gasteiger partial charge in [-0.25, -0.2) is 4.39 Å². The summed E-state index contributed by atoms with van der Waals surface area (Å²) in [7, 11) is 5.01. The molecular weight excluding hydrogens is 269 g/mol. The van der Waals surface area contributed by atoms with Crippen LogP contribution >= 0.6 is 0 Å². The van der Waals surface area contributed by atoms with E-state index in [0.717, 1.165) is 23.3 Å². The van der Waals surface area contributed by atoms with Gasteiger partial charge in [-0.3, -0.25) is 0 Å². The molecule has 0 aromatic heterocycles. The smallest absolute Gasteiger partial charge is 0.165 e. The van der Waals surface area contributed by atoms with Crippen LogP contribution < -0.4 is 14.8 Å². The first-order chi connectivity index (χ1) is 10.2. The molecule has 0 radical (unpaired) electrons. The molecule has 112 valence electrons. The van der Waals surface area contributed by atoms with Gasteiger partial charge in [0.05, 0.1) is 14.2 Å². The van der Waals surface area contributed by atoms with Crippen molar-refractivity contribution in [1.82, 2.24) is 5.32 Å². The predicted octanol–water partition coefficient (Wildman–Crippen LogP) is 3.35. The Kier molecular flexibility index (Phi) is 5.17. The number of hydrogen-bond donors (Lipinski definition) is 1. The average molecular weight is 289 g/mol. The number of hydrogen-bond acceptors (Lipinski definition) is 3. The molecule has 0 spiro atoms. The van der Waals surface area contributed by atoms with Crippen LogP contribution in [0.15, 0.2) is 42.5 Å². The zero-order valence-corrected chi connectivity index (χ0v) is 12.5. The molecule has 1 atom stereocenters. The molecule has 2 rings (SSSR count). The van der Waals surface area contributed by atoms with Gasteiger partial charge in [-0.05, 0) is 48.9 Å². The number of rotatable bonds is 6. The first-order valence-electron chi connectivity index (χ1n) is 6.81. The lowest BCUT2D eigenvalue weighted by Crippen LogP contribution is -2.19. The molecule has 2 aromatic rings. The van der Waals surface area contributed by atoms with Crippen LogP contribution in [0.4, 0.5) is 4.39 Å². The first-order valence-corrected chi connectivity index (χ1v) is 6.81. The first kappa shape index (κ1) is 15.3. The fourth-order valence-electron chi connectivity index (χ4n) is 2.31. The molecule has 2 aromatic carbocycles. The van der Waals surface area contributed by atoms with E-state index in [2.05, 4.69) is 5.32 Å². The Balaban J connectivity index is 2.23. The van der Waals surface area contributed by atoms with Gasteiger partial charge in [0.2, 0.25) is 0 Å². The normalized spacial score (nSPS) is 12.0. The lowest BCUT2D eigenvalue weighted by molar-refractivity contribution is 0.385. The van der Waals surface area contributed by atoms with Gasteiger partial charge in [-0.15, -0.1) is 0 Å². The Morgan fingerprint density at radius 3 is 2.57 bits per heavy atom. The third-order valence-corrected chi connectivity index (χ3v) is 3.50. The van der Waals surface area contributed by atoms with Crippen LogP contribution in [0.3, 0.4) is 0 Å². The van der Waals surface area contributed by atoms with Crippen molar-refractivity contribution in [2.75, 3.05) is 21.3 Å². The molecular formula is C17H20FNO2. The summed E-state index contributed by atoms with van der Waals surface area (Å²) in [5, 5.41) is 3.26. The van der Waals surface area contributed by atoms with Crippen molar-refractivity contribution in [3.63, 3.8) is 0 Å². The molecule has 0 aliphatic carbocycles. The molecule has 21 heavy (non-hydrogen) atoms. The lowest BCUT2D eigenvalue weighted by atomic mass is 9.98. The second-order valence-corrected chi connectivity index (χ2v) is 4.79. The number of benzene rings is 2. The Labute approximate surface area is 124 Å². The molecule has 0 fully saturated rings. The minimum Gasteiger partial charge on any atom is -0.497 e. The lowest BCUT2D eigenvalue weighted by Gasteiger charge is -2.18. The van der Waals surface area contributed by atoms with Gasteiger partial charge in [0.1, 0.15) is 5.75 Å². The quantitative estimate of drug-likeness (QED) is 0.884. The highest BCUT2D eigenvalue weighted by atomic mass is 19.1. The number of ether oxygens (including phenoxy) is 2. The van der Waals surface area contributed by atoms with Gasteiger partial charge in [0.15, 0.2) is 11.6 Å². The third kappa shape index (κ3) is 3.73. The van der Waals surface area contributed by atoms with Crippen LogP contribution in [0.2, 0.25) is 0 Å². The molecule has 1 N–H and O–H groups in total. The van der Waals surface area contributed by atoms with E-state index in [-0.39, 0.29) is 17.6 Å². The molecule has 4 heteroatoms. The molecule has 3 nitrogen and oxygen atoms in total. The Morgan fingerprint density at radius 2 is 1.90 bits per heavy atom. The molecule has 0 aliphatic heterocycles. The maximum absolute atomic E-state index is 13.5. The number of nitrogens with one attached hydrogen (secondary N) is 1. The topological polar surface area (TPSA) is 30.5 Å². The SMILES string of the molecule is CNC(Cc1cccc(OC)c1)c1ccc(F)c(OC)c1. The van der Waals surface area contributed by atoms with E-state index >= 15 is 0 Å². The van der Waals surface area contributed by atoms with E-state index in [9.17, 15) is 4.39 Å². The van der Waals surface area contributed by atoms with Gasteiger partial charge in [0, 0.05) is 6.04 Å². The predicted molar refractivity (Wildman–Crippen MR) is 81.5 cm³/mol. The summed E-state index contributed by atoms with van der Waals surface area (Å²) >= 11 is 0. The number of halogens is 1. The molecule has 0 saturated heterocycles. The maximum Gasteiger partial charge on any atom is 0.165 e. The number of likely N-dealkylation sites (N-methyl/N-ethyl adjacent to an activating group) is 1. The van der Waals surface area contributed by atoms with Crippen molar-refractivity contribution in [3.8, 4) is 11.5 Å². The molecule has 0 saturated carbocycles. The van der Waals surface area contributed by atoms with Crippen molar-refractivity contribution in [2.24, 2.45) is 0 Å². The van der Waals surface area contributed by atoms with Crippen molar-refractivity contribution in [3.05, 3.63) is 59.4 Å². The second-order valence-electron chi connectivity index (χ2n) is 4.79. The molecule has 0 bridgehead atoms. The Morgan fingerprint density at radius 1 is 1.10 bits per heavy atom. The molecule has 0 heterocycles. The summed E-state index contributed by atoms with van der Waals surface area (Å²) in [4.78, 5) is 0. The van der Waals surface area contributed by atoms with Crippen LogP contribution in [-0.4, -0.2) is 21.3 Å². The fourth-order valence-corrected chi connectivity index (χ4v) is 2.31. The van der Waals surface area contributed by atoms with Crippen LogP contribution in [0.1, 0.15) is 17.2 Å². The van der Waals surface area contributed by atoms with Crippen molar-refractivity contribution in [1.29, 1.82) is 0 Å². The maximum atomic E-state index is 13.5. The zero-order chi connectivity index (χ0) is 15.2. The molecule has 0 amide bonds. The van der Waals surface area contributed by atoms with E-state index in [0.29, 0.717) is 0 Å². The third-order valence-electron chi connectivity index (χ3n) is 3.50. The highest BCUT2D eigenvalue weighted by molar-refractivity contribution is 5.34. The van der Waals surface area contributed by atoms with Crippen LogP contribution in [0.25, 0.3) is 0 Å². The van der Waals surface area contributed by atoms with Crippen LogP contribution in [0, 0.1) is 5.82 Å². The highest BCUT2D eigenvalue weighted by Gasteiger charge is 2.13. The van der Waals surface area contributed by atoms with E-state index < -0.39 is 0 Å². The van der Waals surface area contributed by atoms with Crippen molar-refractivity contribution in [2.45, 2.75) is 12.5 Å². The largest absolute Gasteiger partial charge is 0.497 e. The average Bonchev–Trinajstić information content (AvgIpc) is 2.53. The Hall–Kier alpha value is -2.07. The highest BCUT2D eigenvalue weighted by Crippen LogP contribution is 2.25. The summed E-state index contributed by atoms with van der Waals surface area (Å²) in [6, 6.07) is 13.0. The van der Waals surface area contributed by atoms with Gasteiger partial charge < -0.3 is 14.8 Å². The van der Waals surface area contributed by atoms with Gasteiger partial charge in [-0.2, -0.15) is 0 Å². The monoisotopic (exact) mass is 289 g/mol. The summed E-state index contributed by atoms with van der Waals surface area (Å²) in [5.74, 6) is 0.745. The fraction of sp³-hybridized carbons (Fsp3) is 0.294. The molecule has 1 unspecified atom stereocenters. The summed E-state index contributed by atoms with van der Waals surface area (Å²) in [5.41, 5.74) is 2.13. The van der Waals surface area contributed by atoms with E-state index in [1.54, 1.807) is 19.2 Å². The summed E-state index contributed by atoms with van der Waals surface area (Å²) in [6.07, 6.45) is 0.780. The van der Waals surface area contributed by atoms with E-state index in [4.69, 9.17) is 9.47 Å². The van der Waals surface area contributed by atoms with Gasteiger partial charge in [-0.1, -0.05) is 18.2 Å². The van der Waals surface area contributed by atoms with Crippen LogP contribution in [-0.2, 0) is 6.42 Å². The summed E-state index contributed by atoms with van der Waals surface area (Å²) < 4.78 is 23.8. The number of methoxy groups -OCH3 is 2. The van der Waals surface area contributed by atoms with Crippen molar-refractivity contribution < 1.29 is 13.9 Å². The molecule has 0 aliphatic rings. The standard InChI is InChI=1S/C17H20FNO2/c1-19-16(10-12-5-4-6-14(9-12)20-2)13-7-8-15(18)17(11-13)21-3/h4-9,11,16,19H,10H2,1-3H3. The minimum absolute atomic E-state index is 0.0756. The van der Waals surface area contributed by atoms with Crippen LogP contribution in [0.5, 0.6) is 11.5 Å². The van der Waals surface area contributed by atoms with Gasteiger partial charge >= 0.3 is 0 Å². The minimum atomic E-state index is -0.350. The van der Waals surface area contributed by atoms with E-state index in [1.807, 2.05) is 31.3 Å². The summed E-state index contributed by atoms with van der Waals surface area (Å²) in [6.45, 7) is 0. The van der Waals surface area contributed by atoms with Gasteiger partial charge in [0.25, 0.3) is 0 Å². The second kappa shape index (κ2) is 7.09. The van der Waals surface area contributed by atoms with Crippen molar-refractivity contribution >= 4 is 0 Å². The van der Waals surface area contributed by atoms with E-state index in [1.165, 1.54) is 13.2 Å². The Bertz CT molecular complexity index is 601. The zero-order valence-electron chi connectivity index (χ0n) is 12.5.